The van der Waals surface area contributed by atoms with Crippen LogP contribution >= 0.6 is 11.6 Å². The van der Waals surface area contributed by atoms with Crippen LogP contribution in [0.5, 0.6) is 11.5 Å². The average molecular weight is 215 g/mol. The molecule has 0 saturated carbocycles. The molecule has 76 valence electrons. The summed E-state index contributed by atoms with van der Waals surface area (Å²) in [6.45, 7) is 4.01. The van der Waals surface area contributed by atoms with Gasteiger partial charge in [-0.3, -0.25) is 4.79 Å². The highest BCUT2D eigenvalue weighted by Crippen LogP contribution is 2.39. The fourth-order valence-corrected chi connectivity index (χ4v) is 1.34. The van der Waals surface area contributed by atoms with E-state index in [-0.39, 0.29) is 23.2 Å². The second-order valence-electron chi connectivity index (χ2n) is 2.49. The lowest BCUT2D eigenvalue weighted by molar-refractivity contribution is 0.0961. The van der Waals surface area contributed by atoms with Crippen LogP contribution in [0, 0.1) is 0 Å². The minimum Gasteiger partial charge on any atom is -0.506 e. The Hall–Kier alpha value is -1.22. The number of phenols is 1. The quantitative estimate of drug-likeness (QED) is 0.722. The molecule has 1 aliphatic rings. The molecule has 3 nitrogen and oxygen atoms in total. The van der Waals surface area contributed by atoms with E-state index in [2.05, 4.69) is 0 Å². The molecule has 1 heterocycles. The molecule has 2 rings (SSSR count). The van der Waals surface area contributed by atoms with Crippen LogP contribution in [-0.2, 0) is 0 Å². The lowest BCUT2D eigenvalue weighted by Gasteiger charge is -2.01. The Bertz CT molecular complexity index is 361. The van der Waals surface area contributed by atoms with Crippen molar-refractivity contribution >= 4 is 17.4 Å². The number of ether oxygens (including phenoxy) is 1. The van der Waals surface area contributed by atoms with Crippen molar-refractivity contribution in [2.75, 3.05) is 6.61 Å². The predicted octanol–water partition coefficient (Wildman–Crippen LogP) is 2.65. The molecule has 4 heteroatoms. The molecule has 1 N–H and O–H groups in total. The van der Waals surface area contributed by atoms with E-state index in [9.17, 15) is 4.79 Å². The Morgan fingerprint density at radius 2 is 2.07 bits per heavy atom. The molecule has 14 heavy (non-hydrogen) atoms. The van der Waals surface area contributed by atoms with Crippen LogP contribution in [0.15, 0.2) is 12.1 Å². The zero-order valence-electron chi connectivity index (χ0n) is 8.00. The summed E-state index contributed by atoms with van der Waals surface area (Å²) in [4.78, 5) is 11.1. The number of hydrogen-bond donors (Lipinski definition) is 1. The van der Waals surface area contributed by atoms with Gasteiger partial charge in [0.1, 0.15) is 10.8 Å². The van der Waals surface area contributed by atoms with E-state index in [4.69, 9.17) is 21.4 Å². The number of aromatic hydroxyl groups is 1. The van der Waals surface area contributed by atoms with Crippen LogP contribution in [0.2, 0.25) is 5.02 Å². The summed E-state index contributed by atoms with van der Waals surface area (Å²) >= 11 is 5.68. The highest BCUT2D eigenvalue weighted by Gasteiger charge is 2.24. The number of hydrogen-bond acceptors (Lipinski definition) is 3. The second kappa shape index (κ2) is 4.33. The Balaban J connectivity index is 0.000000461. The van der Waals surface area contributed by atoms with E-state index in [0.29, 0.717) is 11.3 Å². The van der Waals surface area contributed by atoms with Crippen molar-refractivity contribution in [3.8, 4) is 11.5 Å². The van der Waals surface area contributed by atoms with Crippen molar-refractivity contribution in [1.29, 1.82) is 0 Å². The number of carbonyl (C=O) groups excluding carboxylic acids is 1. The number of benzene rings is 1. The first kappa shape index (κ1) is 10.9. The first-order valence-corrected chi connectivity index (χ1v) is 4.75. The van der Waals surface area contributed by atoms with Gasteiger partial charge in [0.25, 0.3) is 0 Å². The van der Waals surface area contributed by atoms with Gasteiger partial charge in [-0.1, -0.05) is 25.4 Å². The van der Waals surface area contributed by atoms with Crippen LogP contribution < -0.4 is 4.74 Å². The van der Waals surface area contributed by atoms with Crippen LogP contribution in [0.4, 0.5) is 0 Å². The monoisotopic (exact) mass is 214 g/mol. The molecule has 0 bridgehead atoms. The number of Topliss-reactive ketones (excluding diaryl/α,β-unsaturated/α-hetero) is 1. The summed E-state index contributed by atoms with van der Waals surface area (Å²) in [6.07, 6.45) is 0. The van der Waals surface area contributed by atoms with E-state index in [1.807, 2.05) is 13.8 Å². The minimum atomic E-state index is -0.105. The van der Waals surface area contributed by atoms with Gasteiger partial charge in [0, 0.05) is 0 Å². The number of carbonyl (C=O) groups is 1. The second-order valence-corrected chi connectivity index (χ2v) is 2.87. The first-order chi connectivity index (χ1) is 6.70. The summed E-state index contributed by atoms with van der Waals surface area (Å²) in [6, 6.07) is 2.89. The van der Waals surface area contributed by atoms with Crippen molar-refractivity contribution in [3.63, 3.8) is 0 Å². The Labute approximate surface area is 87.3 Å². The minimum absolute atomic E-state index is 0.0124. The molecule has 0 spiro atoms. The van der Waals surface area contributed by atoms with Gasteiger partial charge >= 0.3 is 0 Å². The molecular weight excluding hydrogens is 204 g/mol. The Morgan fingerprint density at radius 1 is 1.43 bits per heavy atom. The van der Waals surface area contributed by atoms with Gasteiger partial charge in [0.2, 0.25) is 5.78 Å². The van der Waals surface area contributed by atoms with Crippen molar-refractivity contribution in [2.45, 2.75) is 13.8 Å². The van der Waals surface area contributed by atoms with Crippen LogP contribution in [0.3, 0.4) is 0 Å². The number of rotatable bonds is 0. The number of halogens is 1. The molecule has 1 aromatic rings. The summed E-state index contributed by atoms with van der Waals surface area (Å²) in [5.74, 6) is 0.124. The van der Waals surface area contributed by atoms with Crippen molar-refractivity contribution in [3.05, 3.63) is 22.7 Å². The summed E-state index contributed by atoms with van der Waals surface area (Å²) < 4.78 is 4.98. The number of ketones is 1. The van der Waals surface area contributed by atoms with E-state index in [1.165, 1.54) is 12.1 Å². The predicted molar refractivity (Wildman–Crippen MR) is 54.3 cm³/mol. The summed E-state index contributed by atoms with van der Waals surface area (Å²) in [5, 5.41) is 9.26. The van der Waals surface area contributed by atoms with Crippen molar-refractivity contribution in [2.24, 2.45) is 0 Å². The zero-order chi connectivity index (χ0) is 10.7. The molecule has 0 fully saturated rings. The highest BCUT2D eigenvalue weighted by atomic mass is 35.5. The Morgan fingerprint density at radius 3 is 2.71 bits per heavy atom. The molecule has 0 aliphatic carbocycles. The normalized spacial score (nSPS) is 12.6. The van der Waals surface area contributed by atoms with Crippen LogP contribution in [0.25, 0.3) is 0 Å². The van der Waals surface area contributed by atoms with E-state index >= 15 is 0 Å². The molecule has 0 unspecified atom stereocenters. The first-order valence-electron chi connectivity index (χ1n) is 4.37. The van der Waals surface area contributed by atoms with E-state index < -0.39 is 0 Å². The molecule has 0 radical (unpaired) electrons. The molecule has 0 atom stereocenters. The van der Waals surface area contributed by atoms with Gasteiger partial charge in [0.05, 0.1) is 5.56 Å². The highest BCUT2D eigenvalue weighted by molar-refractivity contribution is 6.34. The van der Waals surface area contributed by atoms with Gasteiger partial charge in [-0.2, -0.15) is 0 Å². The van der Waals surface area contributed by atoms with Crippen LogP contribution in [-0.4, -0.2) is 17.5 Å². The molecule has 0 saturated heterocycles. The third-order valence-electron chi connectivity index (χ3n) is 1.72. The fraction of sp³-hybridized carbons (Fsp3) is 0.300. The molecule has 0 amide bonds. The summed E-state index contributed by atoms with van der Waals surface area (Å²) in [7, 11) is 0. The molecular formula is C10H11ClO3. The third-order valence-corrected chi connectivity index (χ3v) is 2.09. The van der Waals surface area contributed by atoms with Gasteiger partial charge < -0.3 is 9.84 Å². The van der Waals surface area contributed by atoms with Gasteiger partial charge in [-0.05, 0) is 12.1 Å². The van der Waals surface area contributed by atoms with E-state index in [1.54, 1.807) is 0 Å². The maximum atomic E-state index is 11.1. The largest absolute Gasteiger partial charge is 0.506 e. The van der Waals surface area contributed by atoms with Gasteiger partial charge in [-0.25, -0.2) is 0 Å². The summed E-state index contributed by atoms with van der Waals surface area (Å²) in [5.41, 5.74) is 0.442. The molecule has 0 aromatic heterocycles. The topological polar surface area (TPSA) is 46.5 Å². The Kier molecular flexibility index (Phi) is 3.36. The van der Waals surface area contributed by atoms with Crippen molar-refractivity contribution < 1.29 is 14.6 Å². The van der Waals surface area contributed by atoms with Crippen LogP contribution in [0.1, 0.15) is 24.2 Å². The molecule has 1 aromatic carbocycles. The average Bonchev–Trinajstić information content (AvgIpc) is 2.58. The lowest BCUT2D eigenvalue weighted by atomic mass is 10.1. The molecule has 1 aliphatic heterocycles. The fourth-order valence-electron chi connectivity index (χ4n) is 1.12. The lowest BCUT2D eigenvalue weighted by Crippen LogP contribution is -1.98. The zero-order valence-corrected chi connectivity index (χ0v) is 8.76. The van der Waals surface area contributed by atoms with Crippen molar-refractivity contribution in [1.82, 2.24) is 0 Å². The maximum absolute atomic E-state index is 11.1. The van der Waals surface area contributed by atoms with Gasteiger partial charge in [-0.15, -0.1) is 0 Å². The SMILES string of the molecule is CC.O=C1COc2c1ccc(O)c2Cl. The number of fused-ring (bicyclic) bond motifs is 1. The maximum Gasteiger partial charge on any atom is 0.203 e. The standard InChI is InChI=1S/C8H5ClO3.C2H6/c9-7-5(10)2-1-4-6(11)3-12-8(4)7;1-2/h1-2,10H,3H2;1-2H3. The smallest absolute Gasteiger partial charge is 0.203 e. The third kappa shape index (κ3) is 1.68. The van der Waals surface area contributed by atoms with E-state index in [0.717, 1.165) is 0 Å². The van der Waals surface area contributed by atoms with Gasteiger partial charge in [0.15, 0.2) is 12.4 Å². The number of phenolic OH excluding ortho intramolecular Hbond substituents is 1.